The number of nitrogens with one attached hydrogen (secondary N) is 2. The van der Waals surface area contributed by atoms with E-state index < -0.39 is 0 Å². The van der Waals surface area contributed by atoms with Gasteiger partial charge in [0.05, 0.1) is 24.0 Å². The maximum absolute atomic E-state index is 12.0. The number of hydrogen-bond donors (Lipinski definition) is 3. The molecule has 3 N–H and O–H groups in total. The molecule has 0 aromatic heterocycles. The molecule has 2 amide bonds. The van der Waals surface area contributed by atoms with Gasteiger partial charge in [0.1, 0.15) is 0 Å². The number of nitrogens with zero attached hydrogens (tertiary/aromatic N) is 2. The van der Waals surface area contributed by atoms with E-state index in [4.69, 9.17) is 0 Å². The van der Waals surface area contributed by atoms with Crippen LogP contribution in [0.1, 0.15) is 20.3 Å². The molecule has 132 valence electrons. The van der Waals surface area contributed by atoms with E-state index in [1.807, 2.05) is 44.2 Å². The number of aliphatic hydroxyl groups is 1. The number of hydrogen-bond acceptors (Lipinski definition) is 4. The quantitative estimate of drug-likeness (QED) is 0.642. The summed E-state index contributed by atoms with van der Waals surface area (Å²) in [6, 6.07) is 16.0. The molecule has 0 bridgehead atoms. The summed E-state index contributed by atoms with van der Waals surface area (Å²) >= 11 is 0. The van der Waals surface area contributed by atoms with Gasteiger partial charge in [-0.2, -0.15) is 10.2 Å². The van der Waals surface area contributed by atoms with E-state index in [0.717, 1.165) is 12.1 Å². The van der Waals surface area contributed by atoms with E-state index in [-0.39, 0.29) is 18.7 Å². The Hall–Kier alpha value is -2.73. The Morgan fingerprint density at radius 2 is 1.60 bits per heavy atom. The second-order valence-electron chi connectivity index (χ2n) is 6.19. The van der Waals surface area contributed by atoms with Gasteiger partial charge in [0.2, 0.25) is 0 Å². The van der Waals surface area contributed by atoms with Crippen molar-refractivity contribution >= 4 is 23.1 Å². The number of rotatable bonds is 7. The van der Waals surface area contributed by atoms with Crippen LogP contribution < -0.4 is 10.6 Å². The minimum Gasteiger partial charge on any atom is -0.394 e. The van der Waals surface area contributed by atoms with E-state index in [1.54, 1.807) is 24.3 Å². The van der Waals surface area contributed by atoms with E-state index in [1.165, 1.54) is 0 Å². The van der Waals surface area contributed by atoms with Gasteiger partial charge < -0.3 is 15.7 Å². The van der Waals surface area contributed by atoms with Crippen molar-refractivity contribution in [2.45, 2.75) is 26.3 Å². The molecule has 0 heterocycles. The Labute approximate surface area is 148 Å². The standard InChI is InChI=1S/C19H24N4O2/c1-14(2)12-18(13-24)21-19(25)20-15-8-10-17(11-9-15)23-22-16-6-4-3-5-7-16/h3-11,14,18,24H,12-13H2,1-2H3,(H2,20,21,25). The first kappa shape index (κ1) is 18.6. The van der Waals surface area contributed by atoms with Crippen molar-refractivity contribution < 1.29 is 9.90 Å². The Morgan fingerprint density at radius 1 is 1.00 bits per heavy atom. The number of anilines is 1. The molecular formula is C19H24N4O2. The van der Waals surface area contributed by atoms with E-state index in [2.05, 4.69) is 20.9 Å². The summed E-state index contributed by atoms with van der Waals surface area (Å²) in [4.78, 5) is 12.0. The van der Waals surface area contributed by atoms with Crippen LogP contribution in [-0.4, -0.2) is 23.8 Å². The molecule has 0 aliphatic heterocycles. The molecule has 2 aromatic rings. The highest BCUT2D eigenvalue weighted by atomic mass is 16.3. The molecule has 25 heavy (non-hydrogen) atoms. The number of amides is 2. The number of azo groups is 1. The monoisotopic (exact) mass is 340 g/mol. The summed E-state index contributed by atoms with van der Waals surface area (Å²) in [7, 11) is 0. The van der Waals surface area contributed by atoms with Crippen LogP contribution in [0.15, 0.2) is 64.8 Å². The van der Waals surface area contributed by atoms with Crippen LogP contribution in [0.5, 0.6) is 0 Å². The van der Waals surface area contributed by atoms with Crippen LogP contribution in [0.3, 0.4) is 0 Å². The van der Waals surface area contributed by atoms with Crippen molar-refractivity contribution in [3.63, 3.8) is 0 Å². The van der Waals surface area contributed by atoms with Gasteiger partial charge in [-0.25, -0.2) is 4.79 Å². The third-order valence-electron chi connectivity index (χ3n) is 3.47. The molecule has 0 saturated carbocycles. The Morgan fingerprint density at radius 3 is 2.16 bits per heavy atom. The van der Waals surface area contributed by atoms with Crippen LogP contribution in [0.4, 0.5) is 21.9 Å². The van der Waals surface area contributed by atoms with Crippen molar-refractivity contribution in [3.8, 4) is 0 Å². The summed E-state index contributed by atoms with van der Waals surface area (Å²) in [5.41, 5.74) is 2.13. The van der Waals surface area contributed by atoms with Crippen molar-refractivity contribution in [1.29, 1.82) is 0 Å². The smallest absolute Gasteiger partial charge is 0.319 e. The third-order valence-corrected chi connectivity index (χ3v) is 3.47. The average Bonchev–Trinajstić information content (AvgIpc) is 2.61. The molecule has 0 saturated heterocycles. The molecule has 0 radical (unpaired) electrons. The predicted octanol–water partition coefficient (Wildman–Crippen LogP) is 4.63. The first-order valence-corrected chi connectivity index (χ1v) is 8.32. The number of urea groups is 1. The van der Waals surface area contributed by atoms with Crippen LogP contribution in [0, 0.1) is 5.92 Å². The minimum absolute atomic E-state index is 0.0790. The molecule has 6 heteroatoms. The number of carbonyl (C=O) groups is 1. The lowest BCUT2D eigenvalue weighted by Crippen LogP contribution is -2.40. The maximum Gasteiger partial charge on any atom is 0.319 e. The number of aliphatic hydroxyl groups excluding tert-OH is 1. The van der Waals surface area contributed by atoms with E-state index in [0.29, 0.717) is 17.3 Å². The average molecular weight is 340 g/mol. The lowest BCUT2D eigenvalue weighted by Gasteiger charge is -2.18. The Bertz CT molecular complexity index is 684. The molecule has 1 atom stereocenters. The first-order valence-electron chi connectivity index (χ1n) is 8.32. The second kappa shape index (κ2) is 9.54. The van der Waals surface area contributed by atoms with Gasteiger partial charge in [-0.3, -0.25) is 0 Å². The second-order valence-corrected chi connectivity index (χ2v) is 6.19. The van der Waals surface area contributed by atoms with Crippen molar-refractivity contribution in [3.05, 3.63) is 54.6 Å². The summed E-state index contributed by atoms with van der Waals surface area (Å²) < 4.78 is 0. The Kier molecular flexibility index (Phi) is 7.10. The van der Waals surface area contributed by atoms with E-state index in [9.17, 15) is 9.90 Å². The molecule has 0 aliphatic carbocycles. The fraction of sp³-hybridized carbons (Fsp3) is 0.316. The summed E-state index contributed by atoms with van der Waals surface area (Å²) in [5.74, 6) is 0.395. The number of benzene rings is 2. The van der Waals surface area contributed by atoms with Gasteiger partial charge in [0.15, 0.2) is 0 Å². The maximum atomic E-state index is 12.0. The molecular weight excluding hydrogens is 316 g/mol. The lowest BCUT2D eigenvalue weighted by molar-refractivity contribution is 0.214. The molecule has 1 unspecified atom stereocenters. The van der Waals surface area contributed by atoms with Gasteiger partial charge in [0, 0.05) is 5.69 Å². The van der Waals surface area contributed by atoms with Crippen LogP contribution >= 0.6 is 0 Å². The molecule has 0 spiro atoms. The molecule has 2 aromatic carbocycles. The molecule has 2 rings (SSSR count). The van der Waals surface area contributed by atoms with Crippen molar-refractivity contribution in [1.82, 2.24) is 5.32 Å². The Balaban J connectivity index is 1.89. The highest BCUT2D eigenvalue weighted by Crippen LogP contribution is 2.20. The van der Waals surface area contributed by atoms with Crippen LogP contribution in [0.25, 0.3) is 0 Å². The zero-order chi connectivity index (χ0) is 18.1. The topological polar surface area (TPSA) is 86.1 Å². The highest BCUT2D eigenvalue weighted by molar-refractivity contribution is 5.89. The summed E-state index contributed by atoms with van der Waals surface area (Å²) in [6.45, 7) is 4.01. The fourth-order valence-corrected chi connectivity index (χ4v) is 2.32. The van der Waals surface area contributed by atoms with Gasteiger partial charge in [-0.15, -0.1) is 0 Å². The largest absolute Gasteiger partial charge is 0.394 e. The fourth-order valence-electron chi connectivity index (χ4n) is 2.32. The third kappa shape index (κ3) is 6.73. The molecule has 6 nitrogen and oxygen atoms in total. The van der Waals surface area contributed by atoms with E-state index >= 15 is 0 Å². The van der Waals surface area contributed by atoms with Gasteiger partial charge in [-0.05, 0) is 48.7 Å². The van der Waals surface area contributed by atoms with Gasteiger partial charge in [-0.1, -0.05) is 32.0 Å². The van der Waals surface area contributed by atoms with Crippen LogP contribution in [0.2, 0.25) is 0 Å². The van der Waals surface area contributed by atoms with Crippen molar-refractivity contribution in [2.75, 3.05) is 11.9 Å². The minimum atomic E-state index is -0.335. The molecule has 0 aliphatic rings. The highest BCUT2D eigenvalue weighted by Gasteiger charge is 2.12. The molecule has 0 fully saturated rings. The van der Waals surface area contributed by atoms with Gasteiger partial charge in [0.25, 0.3) is 0 Å². The zero-order valence-electron chi connectivity index (χ0n) is 14.5. The zero-order valence-corrected chi connectivity index (χ0v) is 14.5. The normalized spacial score (nSPS) is 12.3. The summed E-state index contributed by atoms with van der Waals surface area (Å²) in [5, 5.41) is 23.1. The first-order chi connectivity index (χ1) is 12.1. The SMILES string of the molecule is CC(C)CC(CO)NC(=O)Nc1ccc(N=Nc2ccccc2)cc1. The van der Waals surface area contributed by atoms with Crippen LogP contribution in [-0.2, 0) is 0 Å². The summed E-state index contributed by atoms with van der Waals surface area (Å²) in [6.07, 6.45) is 0.725. The van der Waals surface area contributed by atoms with Gasteiger partial charge >= 0.3 is 6.03 Å². The van der Waals surface area contributed by atoms with Crippen molar-refractivity contribution in [2.24, 2.45) is 16.1 Å². The lowest BCUT2D eigenvalue weighted by atomic mass is 10.0. The predicted molar refractivity (Wildman–Crippen MR) is 99.5 cm³/mol. The number of carbonyl (C=O) groups excluding carboxylic acids is 1.